The van der Waals surface area contributed by atoms with E-state index < -0.39 is 105 Å². The average Bonchev–Trinajstić information content (AvgIpc) is 3.09. The van der Waals surface area contributed by atoms with Gasteiger partial charge in [0.05, 0.1) is 11.0 Å². The van der Waals surface area contributed by atoms with Crippen LogP contribution >= 0.6 is 0 Å². The lowest BCUT2D eigenvalue weighted by molar-refractivity contribution is 0.186. The third-order valence-electron chi connectivity index (χ3n) is 5.04. The number of hydrogen-bond donors (Lipinski definition) is 0. The standard InChI is InChI=1S/C21H5BF12O2/c23-6-2-1-5-9(11(6)25)14(28)20(34)21(5)36-22(35-8-4-3-7(24)12(26)13(8)27)10-15(29)17(31)19(33)18(32)16(10)30/h1-4,21H. The summed E-state index contributed by atoms with van der Waals surface area (Å²) in [5, 5.41) is 0. The smallest absolute Gasteiger partial charge is 0.530 e. The molecule has 0 saturated carbocycles. The highest BCUT2D eigenvalue weighted by Gasteiger charge is 2.44. The molecule has 0 aromatic heterocycles. The first-order valence-electron chi connectivity index (χ1n) is 9.37. The second-order valence-electron chi connectivity index (χ2n) is 7.11. The highest BCUT2D eigenvalue weighted by Crippen LogP contribution is 2.46. The van der Waals surface area contributed by atoms with Crippen molar-refractivity contribution in [1.82, 2.24) is 0 Å². The molecule has 36 heavy (non-hydrogen) atoms. The van der Waals surface area contributed by atoms with Gasteiger partial charge in [0.25, 0.3) is 0 Å². The summed E-state index contributed by atoms with van der Waals surface area (Å²) in [5.41, 5.74) is -4.19. The maximum Gasteiger partial charge on any atom is 0.569 e. The van der Waals surface area contributed by atoms with Gasteiger partial charge in [0.15, 0.2) is 64.0 Å². The van der Waals surface area contributed by atoms with E-state index in [0.717, 1.165) is 0 Å². The van der Waals surface area contributed by atoms with Gasteiger partial charge in [-0.05, 0) is 23.8 Å². The molecule has 3 aromatic rings. The van der Waals surface area contributed by atoms with Crippen LogP contribution < -0.4 is 10.1 Å². The fraction of sp³-hybridized carbons (Fsp3) is 0.0476. The molecule has 0 N–H and O–H groups in total. The Hall–Kier alpha value is -3.62. The SMILES string of the molecule is FC1=C(F)C(OB(Oc2ccc(F)c(F)c2F)c2c(F)c(F)c(F)c(F)c2F)c2ccc(F)c(F)c21. The quantitative estimate of drug-likeness (QED) is 0.169. The van der Waals surface area contributed by atoms with E-state index in [1.165, 1.54) is 0 Å². The average molecular weight is 528 g/mol. The molecule has 188 valence electrons. The molecule has 3 aromatic carbocycles. The summed E-state index contributed by atoms with van der Waals surface area (Å²) >= 11 is 0. The molecular formula is C21H5BF12O2. The summed E-state index contributed by atoms with van der Waals surface area (Å²) in [6, 6.07) is 1.51. The summed E-state index contributed by atoms with van der Waals surface area (Å²) in [6.45, 7) is 0. The third-order valence-corrected chi connectivity index (χ3v) is 5.04. The second kappa shape index (κ2) is 9.11. The minimum atomic E-state index is -3.07. The monoisotopic (exact) mass is 528 g/mol. The number of fused-ring (bicyclic) bond motifs is 1. The van der Waals surface area contributed by atoms with Gasteiger partial charge in [0, 0.05) is 0 Å². The summed E-state index contributed by atoms with van der Waals surface area (Å²) in [4.78, 5) is 0. The minimum Gasteiger partial charge on any atom is -0.530 e. The number of benzene rings is 3. The lowest BCUT2D eigenvalue weighted by atomic mass is 9.76. The van der Waals surface area contributed by atoms with E-state index in [2.05, 4.69) is 4.65 Å². The van der Waals surface area contributed by atoms with Gasteiger partial charge < -0.3 is 9.31 Å². The molecule has 4 rings (SSSR count). The molecule has 1 aliphatic carbocycles. The van der Waals surface area contributed by atoms with E-state index in [4.69, 9.17) is 4.65 Å². The van der Waals surface area contributed by atoms with Crippen LogP contribution in [0, 0.1) is 58.2 Å². The van der Waals surface area contributed by atoms with Crippen molar-refractivity contribution >= 4 is 18.4 Å². The van der Waals surface area contributed by atoms with Crippen LogP contribution in [0.1, 0.15) is 17.2 Å². The number of hydrogen-bond acceptors (Lipinski definition) is 2. The van der Waals surface area contributed by atoms with Crippen LogP contribution in [-0.2, 0) is 4.65 Å². The molecular weight excluding hydrogens is 523 g/mol. The fourth-order valence-corrected chi connectivity index (χ4v) is 3.33. The van der Waals surface area contributed by atoms with Crippen molar-refractivity contribution in [3.05, 3.63) is 99.4 Å². The lowest BCUT2D eigenvalue weighted by Crippen LogP contribution is -2.46. The molecule has 0 spiro atoms. The van der Waals surface area contributed by atoms with E-state index in [0.29, 0.717) is 18.2 Å². The van der Waals surface area contributed by atoms with Crippen molar-refractivity contribution in [2.75, 3.05) is 0 Å². The molecule has 0 radical (unpaired) electrons. The van der Waals surface area contributed by atoms with Crippen LogP contribution in [0.2, 0.25) is 0 Å². The van der Waals surface area contributed by atoms with Gasteiger partial charge in [-0.3, -0.25) is 0 Å². The Kier molecular flexibility index (Phi) is 6.45. The lowest BCUT2D eigenvalue weighted by Gasteiger charge is -2.22. The van der Waals surface area contributed by atoms with Crippen molar-refractivity contribution in [2.24, 2.45) is 0 Å². The Morgan fingerprint density at radius 2 is 1.08 bits per heavy atom. The first kappa shape index (κ1) is 25.5. The zero-order valence-corrected chi connectivity index (χ0v) is 16.8. The maximum atomic E-state index is 14.6. The highest BCUT2D eigenvalue weighted by molar-refractivity contribution is 6.62. The molecule has 0 amide bonds. The molecule has 1 unspecified atom stereocenters. The van der Waals surface area contributed by atoms with Crippen molar-refractivity contribution in [3.8, 4) is 5.75 Å². The Bertz CT molecular complexity index is 1410. The largest absolute Gasteiger partial charge is 0.569 e. The predicted octanol–water partition coefficient (Wildman–Crippen LogP) is 6.23. The summed E-state index contributed by atoms with van der Waals surface area (Å²) in [7, 11) is -3.07. The third kappa shape index (κ3) is 3.87. The Balaban J connectivity index is 1.89. The predicted molar refractivity (Wildman–Crippen MR) is 97.9 cm³/mol. The van der Waals surface area contributed by atoms with Crippen LogP contribution in [0.3, 0.4) is 0 Å². The molecule has 0 fully saturated rings. The van der Waals surface area contributed by atoms with E-state index >= 15 is 0 Å². The van der Waals surface area contributed by atoms with Gasteiger partial charge in [0.1, 0.15) is 11.9 Å². The van der Waals surface area contributed by atoms with Crippen molar-refractivity contribution in [2.45, 2.75) is 6.10 Å². The van der Waals surface area contributed by atoms with Crippen LogP contribution in [-0.4, -0.2) is 7.12 Å². The summed E-state index contributed by atoms with van der Waals surface area (Å²) in [5.74, 6) is -28.2. The Morgan fingerprint density at radius 1 is 0.556 bits per heavy atom. The number of halogens is 12. The Morgan fingerprint density at radius 3 is 1.69 bits per heavy atom. The fourth-order valence-electron chi connectivity index (χ4n) is 3.33. The maximum absolute atomic E-state index is 14.6. The molecule has 0 saturated heterocycles. The Labute approximate surface area is 192 Å². The van der Waals surface area contributed by atoms with E-state index in [-0.39, 0.29) is 6.07 Å². The van der Waals surface area contributed by atoms with Gasteiger partial charge in [-0.25, -0.2) is 48.3 Å². The van der Waals surface area contributed by atoms with Crippen molar-refractivity contribution in [1.29, 1.82) is 0 Å². The van der Waals surface area contributed by atoms with Crippen LogP contribution in [0.15, 0.2) is 30.1 Å². The van der Waals surface area contributed by atoms with Crippen LogP contribution in [0.25, 0.3) is 5.83 Å². The van der Waals surface area contributed by atoms with Gasteiger partial charge in [-0.15, -0.1) is 0 Å². The topological polar surface area (TPSA) is 18.5 Å². The molecule has 0 bridgehead atoms. The summed E-state index contributed by atoms with van der Waals surface area (Å²) in [6.07, 6.45) is -2.55. The normalized spacial score (nSPS) is 14.9. The van der Waals surface area contributed by atoms with Gasteiger partial charge in [-0.2, -0.15) is 4.39 Å². The summed E-state index contributed by atoms with van der Waals surface area (Å²) < 4.78 is 177. The first-order chi connectivity index (χ1) is 16.9. The van der Waals surface area contributed by atoms with Crippen molar-refractivity contribution in [3.63, 3.8) is 0 Å². The van der Waals surface area contributed by atoms with Crippen molar-refractivity contribution < 1.29 is 62.0 Å². The first-order valence-corrected chi connectivity index (χ1v) is 9.37. The molecule has 1 atom stereocenters. The van der Waals surface area contributed by atoms with Crippen LogP contribution in [0.4, 0.5) is 52.7 Å². The van der Waals surface area contributed by atoms with Gasteiger partial charge >= 0.3 is 7.12 Å². The van der Waals surface area contributed by atoms with E-state index in [1.807, 2.05) is 0 Å². The van der Waals surface area contributed by atoms with Gasteiger partial charge in [0.2, 0.25) is 5.82 Å². The molecule has 2 nitrogen and oxygen atoms in total. The van der Waals surface area contributed by atoms with Crippen LogP contribution in [0.5, 0.6) is 5.75 Å². The van der Waals surface area contributed by atoms with Gasteiger partial charge in [-0.1, -0.05) is 6.07 Å². The zero-order valence-electron chi connectivity index (χ0n) is 16.8. The molecule has 15 heteroatoms. The molecule has 1 aliphatic rings. The minimum absolute atomic E-state index is 0.243. The highest BCUT2D eigenvalue weighted by atomic mass is 19.2. The van der Waals surface area contributed by atoms with E-state index in [9.17, 15) is 52.7 Å². The molecule has 0 heterocycles. The second-order valence-corrected chi connectivity index (χ2v) is 7.11. The number of rotatable bonds is 5. The van der Waals surface area contributed by atoms with E-state index in [1.54, 1.807) is 0 Å². The molecule has 0 aliphatic heterocycles. The zero-order chi connectivity index (χ0) is 26.6.